The highest BCUT2D eigenvalue weighted by atomic mass is 35.5. The number of carbonyl (C=O) groups excluding carboxylic acids is 1. The van der Waals surface area contributed by atoms with Gasteiger partial charge in [-0.05, 0) is 30.9 Å². The lowest BCUT2D eigenvalue weighted by Gasteiger charge is -2.32. The molecule has 0 N–H and O–H groups in total. The molecule has 0 bridgehead atoms. The Hall–Kier alpha value is -1.13. The summed E-state index contributed by atoms with van der Waals surface area (Å²) >= 11 is 5.80. The van der Waals surface area contributed by atoms with Gasteiger partial charge >= 0.3 is 0 Å². The Kier molecular flexibility index (Phi) is 4.55. The number of ether oxygens (including phenoxy) is 1. The highest BCUT2D eigenvalue weighted by Crippen LogP contribution is 2.19. The van der Waals surface area contributed by atoms with Crippen molar-refractivity contribution in [2.24, 2.45) is 5.92 Å². The maximum atomic E-state index is 12.3. The molecule has 1 fully saturated rings. The quantitative estimate of drug-likeness (QED) is 0.790. The molecule has 0 radical (unpaired) electrons. The zero-order valence-electron chi connectivity index (χ0n) is 10.4. The molecule has 0 spiro atoms. The van der Waals surface area contributed by atoms with Crippen molar-refractivity contribution in [1.29, 1.82) is 0 Å². The third kappa shape index (κ3) is 3.21. The number of pyridine rings is 1. The molecule has 0 aromatic carbocycles. The summed E-state index contributed by atoms with van der Waals surface area (Å²) < 4.78 is 5.17. The van der Waals surface area contributed by atoms with Crippen molar-refractivity contribution in [2.75, 3.05) is 26.8 Å². The van der Waals surface area contributed by atoms with Crippen molar-refractivity contribution in [2.45, 2.75) is 12.8 Å². The number of rotatable bonds is 3. The summed E-state index contributed by atoms with van der Waals surface area (Å²) in [4.78, 5) is 18.1. The number of carbonyl (C=O) groups is 1. The maximum absolute atomic E-state index is 12.3. The molecule has 1 saturated heterocycles. The Morgan fingerprint density at radius 3 is 3.22 bits per heavy atom. The van der Waals surface area contributed by atoms with Crippen LogP contribution >= 0.6 is 11.6 Å². The summed E-state index contributed by atoms with van der Waals surface area (Å²) in [7, 11) is 1.70. The lowest BCUT2D eigenvalue weighted by molar-refractivity contribution is 0.0571. The van der Waals surface area contributed by atoms with Crippen molar-refractivity contribution in [3.8, 4) is 0 Å². The number of halogens is 1. The molecule has 5 heteroatoms. The average molecular weight is 269 g/mol. The van der Waals surface area contributed by atoms with E-state index in [1.54, 1.807) is 25.4 Å². The molecular weight excluding hydrogens is 252 g/mol. The van der Waals surface area contributed by atoms with Crippen LogP contribution in [0, 0.1) is 5.92 Å². The molecule has 0 aliphatic carbocycles. The van der Waals surface area contributed by atoms with Crippen LogP contribution in [0.15, 0.2) is 18.3 Å². The summed E-state index contributed by atoms with van der Waals surface area (Å²) in [5, 5.41) is 0.353. The Labute approximate surface area is 112 Å². The van der Waals surface area contributed by atoms with E-state index in [0.717, 1.165) is 25.9 Å². The number of nitrogens with zero attached hydrogens (tertiary/aromatic N) is 2. The number of amides is 1. The van der Waals surface area contributed by atoms with E-state index < -0.39 is 0 Å². The molecule has 98 valence electrons. The fourth-order valence-corrected chi connectivity index (χ4v) is 2.51. The predicted molar refractivity (Wildman–Crippen MR) is 69.8 cm³/mol. The van der Waals surface area contributed by atoms with Crippen LogP contribution in [0.2, 0.25) is 5.15 Å². The van der Waals surface area contributed by atoms with Gasteiger partial charge in [-0.25, -0.2) is 4.98 Å². The van der Waals surface area contributed by atoms with E-state index in [0.29, 0.717) is 23.2 Å². The van der Waals surface area contributed by atoms with E-state index in [4.69, 9.17) is 16.3 Å². The van der Waals surface area contributed by atoms with Gasteiger partial charge in [-0.3, -0.25) is 4.79 Å². The first kappa shape index (κ1) is 13.3. The molecule has 1 aliphatic heterocycles. The molecule has 2 rings (SSSR count). The number of hydrogen-bond donors (Lipinski definition) is 0. The van der Waals surface area contributed by atoms with Crippen molar-refractivity contribution in [3.05, 3.63) is 29.0 Å². The molecule has 1 aromatic rings. The van der Waals surface area contributed by atoms with E-state index in [9.17, 15) is 4.79 Å². The van der Waals surface area contributed by atoms with Crippen LogP contribution in [-0.4, -0.2) is 42.6 Å². The lowest BCUT2D eigenvalue weighted by Crippen LogP contribution is -2.41. The van der Waals surface area contributed by atoms with Crippen LogP contribution in [0.5, 0.6) is 0 Å². The first-order valence-corrected chi connectivity index (χ1v) is 6.48. The van der Waals surface area contributed by atoms with Crippen molar-refractivity contribution in [1.82, 2.24) is 9.88 Å². The normalized spacial score (nSPS) is 19.9. The molecule has 18 heavy (non-hydrogen) atoms. The zero-order chi connectivity index (χ0) is 13.0. The molecule has 1 atom stereocenters. The van der Waals surface area contributed by atoms with Gasteiger partial charge in [0, 0.05) is 32.0 Å². The average Bonchev–Trinajstić information content (AvgIpc) is 2.39. The summed E-state index contributed by atoms with van der Waals surface area (Å²) in [5.74, 6) is 0.463. The lowest BCUT2D eigenvalue weighted by atomic mass is 9.98. The fraction of sp³-hybridized carbons (Fsp3) is 0.538. The van der Waals surface area contributed by atoms with Crippen LogP contribution in [0.1, 0.15) is 23.2 Å². The monoisotopic (exact) mass is 268 g/mol. The smallest absolute Gasteiger partial charge is 0.254 e. The minimum atomic E-state index is 0.0279. The second-order valence-corrected chi connectivity index (χ2v) is 4.97. The molecule has 1 unspecified atom stereocenters. The molecule has 1 aliphatic rings. The van der Waals surface area contributed by atoms with E-state index in [1.165, 1.54) is 0 Å². The standard InChI is InChI=1S/C13H17ClN2O2/c1-18-9-10-3-2-6-16(8-10)13(17)11-4-5-15-12(14)7-11/h4-5,7,10H,2-3,6,8-9H2,1H3. The van der Waals surface area contributed by atoms with Crippen LogP contribution < -0.4 is 0 Å². The van der Waals surface area contributed by atoms with Gasteiger partial charge in [0.1, 0.15) is 5.15 Å². The molecule has 1 aromatic heterocycles. The summed E-state index contributed by atoms with van der Waals surface area (Å²) in [6.45, 7) is 2.27. The zero-order valence-corrected chi connectivity index (χ0v) is 11.2. The van der Waals surface area contributed by atoms with E-state index >= 15 is 0 Å². The third-order valence-corrected chi connectivity index (χ3v) is 3.39. The molecular formula is C13H17ClN2O2. The largest absolute Gasteiger partial charge is 0.384 e. The Bertz CT molecular complexity index is 423. The summed E-state index contributed by atoms with van der Waals surface area (Å²) in [6.07, 6.45) is 3.71. The minimum Gasteiger partial charge on any atom is -0.384 e. The third-order valence-electron chi connectivity index (χ3n) is 3.18. The number of piperidine rings is 1. The highest BCUT2D eigenvalue weighted by molar-refractivity contribution is 6.29. The topological polar surface area (TPSA) is 42.4 Å². The summed E-state index contributed by atoms with van der Waals surface area (Å²) in [5.41, 5.74) is 0.605. The van der Waals surface area contributed by atoms with Gasteiger partial charge in [0.05, 0.1) is 6.61 Å². The Balaban J connectivity index is 2.04. The first-order valence-electron chi connectivity index (χ1n) is 6.10. The number of methoxy groups -OCH3 is 1. The molecule has 0 saturated carbocycles. The Morgan fingerprint density at radius 1 is 1.67 bits per heavy atom. The molecule has 2 heterocycles. The van der Waals surface area contributed by atoms with Gasteiger partial charge in [-0.1, -0.05) is 11.6 Å². The van der Waals surface area contributed by atoms with Crippen molar-refractivity contribution < 1.29 is 9.53 Å². The van der Waals surface area contributed by atoms with Gasteiger partial charge in [0.25, 0.3) is 5.91 Å². The fourth-order valence-electron chi connectivity index (χ4n) is 2.34. The van der Waals surface area contributed by atoms with E-state index in [2.05, 4.69) is 4.98 Å². The maximum Gasteiger partial charge on any atom is 0.254 e. The van der Waals surface area contributed by atoms with Crippen LogP contribution in [0.4, 0.5) is 0 Å². The minimum absolute atomic E-state index is 0.0279. The second-order valence-electron chi connectivity index (χ2n) is 4.58. The molecule has 1 amide bonds. The predicted octanol–water partition coefficient (Wildman–Crippen LogP) is 2.23. The number of hydrogen-bond acceptors (Lipinski definition) is 3. The highest BCUT2D eigenvalue weighted by Gasteiger charge is 2.24. The van der Waals surface area contributed by atoms with Crippen LogP contribution in [0.25, 0.3) is 0 Å². The number of aromatic nitrogens is 1. The van der Waals surface area contributed by atoms with Gasteiger partial charge in [0.2, 0.25) is 0 Å². The first-order chi connectivity index (χ1) is 8.70. The molecule has 4 nitrogen and oxygen atoms in total. The van der Waals surface area contributed by atoms with E-state index in [-0.39, 0.29) is 5.91 Å². The van der Waals surface area contributed by atoms with Crippen molar-refractivity contribution >= 4 is 17.5 Å². The van der Waals surface area contributed by atoms with Crippen LogP contribution in [0.3, 0.4) is 0 Å². The van der Waals surface area contributed by atoms with Gasteiger partial charge in [-0.15, -0.1) is 0 Å². The van der Waals surface area contributed by atoms with E-state index in [1.807, 2.05) is 4.90 Å². The van der Waals surface area contributed by atoms with Crippen LogP contribution in [-0.2, 0) is 4.74 Å². The second kappa shape index (κ2) is 6.16. The summed E-state index contributed by atoms with van der Waals surface area (Å²) in [6, 6.07) is 3.32. The van der Waals surface area contributed by atoms with Gasteiger partial charge in [-0.2, -0.15) is 0 Å². The Morgan fingerprint density at radius 2 is 2.50 bits per heavy atom. The van der Waals surface area contributed by atoms with Gasteiger partial charge in [0.15, 0.2) is 0 Å². The SMILES string of the molecule is COCC1CCCN(C(=O)c2ccnc(Cl)c2)C1. The van der Waals surface area contributed by atoms with Gasteiger partial charge < -0.3 is 9.64 Å². The number of likely N-dealkylation sites (tertiary alicyclic amines) is 1. The van der Waals surface area contributed by atoms with Crippen molar-refractivity contribution in [3.63, 3.8) is 0 Å².